The molecule has 0 aliphatic carbocycles. The van der Waals surface area contributed by atoms with Crippen LogP contribution >= 0.6 is 0 Å². The lowest BCUT2D eigenvalue weighted by molar-refractivity contribution is -0.149. The highest BCUT2D eigenvalue weighted by atomic mass is 16.5. The van der Waals surface area contributed by atoms with Gasteiger partial charge in [0, 0.05) is 6.54 Å². The Labute approximate surface area is 111 Å². The molecular formula is C14H28N2O2. The van der Waals surface area contributed by atoms with Crippen LogP contribution in [0.15, 0.2) is 0 Å². The molecule has 0 aromatic heterocycles. The molecule has 1 heterocycles. The number of esters is 1. The van der Waals surface area contributed by atoms with Crippen molar-refractivity contribution in [3.63, 3.8) is 0 Å². The summed E-state index contributed by atoms with van der Waals surface area (Å²) in [6.07, 6.45) is 4.50. The van der Waals surface area contributed by atoms with Crippen molar-refractivity contribution in [1.29, 1.82) is 0 Å². The SMILES string of the molecule is CCOC(=O)C(C)(N)CCN1CCC(CC)CC1. The summed E-state index contributed by atoms with van der Waals surface area (Å²) >= 11 is 0. The first-order chi connectivity index (χ1) is 8.49. The van der Waals surface area contributed by atoms with Crippen LogP contribution < -0.4 is 5.73 Å². The maximum absolute atomic E-state index is 11.7. The Balaban J connectivity index is 2.30. The van der Waals surface area contributed by atoms with Crippen LogP contribution in [0.5, 0.6) is 0 Å². The van der Waals surface area contributed by atoms with E-state index in [4.69, 9.17) is 10.5 Å². The molecule has 2 N–H and O–H groups in total. The van der Waals surface area contributed by atoms with E-state index in [0.717, 1.165) is 25.6 Å². The molecule has 1 rings (SSSR count). The van der Waals surface area contributed by atoms with Gasteiger partial charge in [-0.3, -0.25) is 4.79 Å². The standard InChI is InChI=1S/C14H28N2O2/c1-4-12-6-9-16(10-7-12)11-8-14(3,15)13(17)18-5-2/h12H,4-11,15H2,1-3H3. The molecule has 1 unspecified atom stereocenters. The average Bonchev–Trinajstić information content (AvgIpc) is 2.37. The van der Waals surface area contributed by atoms with Gasteiger partial charge in [-0.05, 0) is 52.1 Å². The number of rotatable bonds is 6. The zero-order valence-electron chi connectivity index (χ0n) is 12.1. The summed E-state index contributed by atoms with van der Waals surface area (Å²) in [4.78, 5) is 14.1. The Hall–Kier alpha value is -0.610. The van der Waals surface area contributed by atoms with Gasteiger partial charge < -0.3 is 15.4 Å². The Kier molecular flexibility index (Phi) is 6.09. The van der Waals surface area contributed by atoms with Gasteiger partial charge >= 0.3 is 5.97 Å². The molecule has 106 valence electrons. The Morgan fingerprint density at radius 3 is 2.50 bits per heavy atom. The number of carbonyl (C=O) groups excluding carboxylic acids is 1. The van der Waals surface area contributed by atoms with Crippen molar-refractivity contribution >= 4 is 5.97 Å². The van der Waals surface area contributed by atoms with E-state index >= 15 is 0 Å². The van der Waals surface area contributed by atoms with E-state index in [2.05, 4.69) is 11.8 Å². The van der Waals surface area contributed by atoms with Gasteiger partial charge in [0.15, 0.2) is 0 Å². The minimum absolute atomic E-state index is 0.284. The predicted molar refractivity (Wildman–Crippen MR) is 73.3 cm³/mol. The lowest BCUT2D eigenvalue weighted by atomic mass is 9.93. The van der Waals surface area contributed by atoms with E-state index in [1.807, 2.05) is 6.92 Å². The lowest BCUT2D eigenvalue weighted by Gasteiger charge is -2.33. The van der Waals surface area contributed by atoms with E-state index in [1.165, 1.54) is 19.3 Å². The molecule has 0 amide bonds. The van der Waals surface area contributed by atoms with Crippen molar-refractivity contribution in [2.24, 2.45) is 11.7 Å². The van der Waals surface area contributed by atoms with E-state index in [1.54, 1.807) is 6.92 Å². The van der Waals surface area contributed by atoms with Crippen molar-refractivity contribution in [3.8, 4) is 0 Å². The highest BCUT2D eigenvalue weighted by molar-refractivity contribution is 5.79. The number of hydrogen-bond acceptors (Lipinski definition) is 4. The van der Waals surface area contributed by atoms with E-state index in [0.29, 0.717) is 13.0 Å². The summed E-state index contributed by atoms with van der Waals surface area (Å²) in [5, 5.41) is 0. The van der Waals surface area contributed by atoms with Gasteiger partial charge in [0.1, 0.15) is 5.54 Å². The zero-order valence-corrected chi connectivity index (χ0v) is 12.1. The largest absolute Gasteiger partial charge is 0.465 e. The van der Waals surface area contributed by atoms with Crippen LogP contribution in [0.1, 0.15) is 46.5 Å². The fraction of sp³-hybridized carbons (Fsp3) is 0.929. The van der Waals surface area contributed by atoms with Crippen molar-refractivity contribution < 1.29 is 9.53 Å². The third-order valence-corrected chi connectivity index (χ3v) is 3.97. The van der Waals surface area contributed by atoms with E-state index in [9.17, 15) is 4.79 Å². The monoisotopic (exact) mass is 256 g/mol. The first-order valence-electron chi connectivity index (χ1n) is 7.18. The maximum Gasteiger partial charge on any atom is 0.325 e. The van der Waals surface area contributed by atoms with Crippen LogP contribution in [0, 0.1) is 5.92 Å². The van der Waals surface area contributed by atoms with Crippen LogP contribution in [0.2, 0.25) is 0 Å². The number of carbonyl (C=O) groups is 1. The molecule has 1 fully saturated rings. The molecule has 1 atom stereocenters. The summed E-state index contributed by atoms with van der Waals surface area (Å²) < 4.78 is 5.00. The number of likely N-dealkylation sites (tertiary alicyclic amines) is 1. The highest BCUT2D eigenvalue weighted by Crippen LogP contribution is 2.21. The molecule has 4 heteroatoms. The van der Waals surface area contributed by atoms with Gasteiger partial charge in [0.2, 0.25) is 0 Å². The molecular weight excluding hydrogens is 228 g/mol. The molecule has 0 radical (unpaired) electrons. The molecule has 18 heavy (non-hydrogen) atoms. The second-order valence-electron chi connectivity index (χ2n) is 5.58. The van der Waals surface area contributed by atoms with Crippen molar-refractivity contribution in [2.45, 2.75) is 52.0 Å². The third-order valence-electron chi connectivity index (χ3n) is 3.97. The van der Waals surface area contributed by atoms with Crippen LogP contribution in [0.3, 0.4) is 0 Å². The summed E-state index contributed by atoms with van der Waals surface area (Å²) in [5.41, 5.74) is 5.17. The lowest BCUT2D eigenvalue weighted by Crippen LogP contribution is -2.49. The van der Waals surface area contributed by atoms with Crippen LogP contribution in [0.25, 0.3) is 0 Å². The number of ether oxygens (including phenoxy) is 1. The average molecular weight is 256 g/mol. The van der Waals surface area contributed by atoms with E-state index in [-0.39, 0.29) is 5.97 Å². The fourth-order valence-corrected chi connectivity index (χ4v) is 2.41. The van der Waals surface area contributed by atoms with Crippen molar-refractivity contribution in [2.75, 3.05) is 26.2 Å². The third kappa shape index (κ3) is 4.58. The number of nitrogens with two attached hydrogens (primary N) is 1. The smallest absolute Gasteiger partial charge is 0.325 e. The van der Waals surface area contributed by atoms with Gasteiger partial charge in [-0.25, -0.2) is 0 Å². The van der Waals surface area contributed by atoms with Crippen molar-refractivity contribution in [1.82, 2.24) is 4.90 Å². The Bertz CT molecular complexity index is 259. The first-order valence-corrected chi connectivity index (χ1v) is 7.18. The molecule has 1 aliphatic heterocycles. The molecule has 1 saturated heterocycles. The minimum atomic E-state index is -0.850. The number of hydrogen-bond donors (Lipinski definition) is 1. The molecule has 0 saturated carbocycles. The molecule has 0 bridgehead atoms. The Morgan fingerprint density at radius 1 is 1.39 bits per heavy atom. The Morgan fingerprint density at radius 2 is 2.00 bits per heavy atom. The summed E-state index contributed by atoms with van der Waals surface area (Å²) in [5.74, 6) is 0.601. The van der Waals surface area contributed by atoms with Gasteiger partial charge in [-0.2, -0.15) is 0 Å². The quantitative estimate of drug-likeness (QED) is 0.736. The topological polar surface area (TPSA) is 55.6 Å². The zero-order chi connectivity index (χ0) is 13.6. The highest BCUT2D eigenvalue weighted by Gasteiger charge is 2.30. The van der Waals surface area contributed by atoms with Crippen LogP contribution in [-0.2, 0) is 9.53 Å². The maximum atomic E-state index is 11.7. The molecule has 0 spiro atoms. The van der Waals surface area contributed by atoms with Gasteiger partial charge in [0.05, 0.1) is 6.61 Å². The van der Waals surface area contributed by atoms with Gasteiger partial charge in [-0.15, -0.1) is 0 Å². The minimum Gasteiger partial charge on any atom is -0.465 e. The van der Waals surface area contributed by atoms with E-state index < -0.39 is 5.54 Å². The van der Waals surface area contributed by atoms with Gasteiger partial charge in [0.25, 0.3) is 0 Å². The summed E-state index contributed by atoms with van der Waals surface area (Å²) in [7, 11) is 0. The normalized spacial score (nSPS) is 21.6. The number of piperidine rings is 1. The second kappa shape index (κ2) is 7.10. The molecule has 0 aromatic rings. The molecule has 1 aliphatic rings. The molecule has 4 nitrogen and oxygen atoms in total. The molecule has 0 aromatic carbocycles. The summed E-state index contributed by atoms with van der Waals surface area (Å²) in [6, 6.07) is 0. The second-order valence-corrected chi connectivity index (χ2v) is 5.58. The van der Waals surface area contributed by atoms with Crippen LogP contribution in [-0.4, -0.2) is 42.6 Å². The van der Waals surface area contributed by atoms with Gasteiger partial charge in [-0.1, -0.05) is 13.3 Å². The number of nitrogens with zero attached hydrogens (tertiary/aromatic N) is 1. The van der Waals surface area contributed by atoms with Crippen molar-refractivity contribution in [3.05, 3.63) is 0 Å². The predicted octanol–water partition coefficient (Wildman–Crippen LogP) is 1.78. The fourth-order valence-electron chi connectivity index (χ4n) is 2.41. The first kappa shape index (κ1) is 15.4. The summed E-state index contributed by atoms with van der Waals surface area (Å²) in [6.45, 7) is 9.40. The van der Waals surface area contributed by atoms with Crippen LogP contribution in [0.4, 0.5) is 0 Å².